The van der Waals surface area contributed by atoms with Crippen LogP contribution < -0.4 is 10.1 Å². The predicted octanol–water partition coefficient (Wildman–Crippen LogP) is 4.51. The number of pyridine rings is 1. The molecule has 1 atom stereocenters. The Morgan fingerprint density at radius 1 is 1.12 bits per heavy atom. The Bertz CT molecular complexity index is 777. The molecule has 0 saturated heterocycles. The molecular weight excluding hydrogens is 366 g/mol. The van der Waals surface area contributed by atoms with Gasteiger partial charge < -0.3 is 10.1 Å². The van der Waals surface area contributed by atoms with E-state index in [4.69, 9.17) is 0 Å². The molecule has 0 spiro atoms. The number of benzene rings is 1. The predicted molar refractivity (Wildman–Crippen MR) is 79.9 cm³/mol. The van der Waals surface area contributed by atoms with Crippen LogP contribution in [0.5, 0.6) is 5.75 Å². The average Bonchev–Trinajstić information content (AvgIpc) is 2.53. The van der Waals surface area contributed by atoms with Crippen molar-refractivity contribution in [3.63, 3.8) is 0 Å². The second kappa shape index (κ2) is 7.22. The van der Waals surface area contributed by atoms with Crippen molar-refractivity contribution in [1.82, 2.24) is 4.98 Å². The number of amides is 1. The molecule has 0 aliphatic rings. The Hall–Kier alpha value is -2.78. The van der Waals surface area contributed by atoms with E-state index in [2.05, 4.69) is 15.0 Å². The summed E-state index contributed by atoms with van der Waals surface area (Å²) in [5, 5.41) is 2.46. The number of anilines is 1. The van der Waals surface area contributed by atoms with Crippen LogP contribution in [-0.4, -0.2) is 29.3 Å². The molecule has 26 heavy (non-hydrogen) atoms. The lowest BCUT2D eigenvalue weighted by molar-refractivity contribution is -0.304. The molecule has 1 unspecified atom stereocenters. The number of rotatable bonds is 5. The first-order valence-corrected chi connectivity index (χ1v) is 7.11. The van der Waals surface area contributed by atoms with Gasteiger partial charge in [0.25, 0.3) is 12.1 Å². The standard InChI is InChI=1S/C16H12F6N2O2/c1-9-6-7-23-12(8-9)24-13(25)10-2-4-11(5-3-10)26-16(21,22)14(17)15(18,19)20/h2-8,14H,1H3,(H,23,24,25). The number of aromatic nitrogens is 1. The van der Waals surface area contributed by atoms with Crippen molar-refractivity contribution in [1.29, 1.82) is 0 Å². The minimum Gasteiger partial charge on any atom is -0.430 e. The number of halogens is 6. The van der Waals surface area contributed by atoms with Crippen molar-refractivity contribution in [2.45, 2.75) is 25.4 Å². The zero-order chi connectivity index (χ0) is 19.5. The number of aryl methyl sites for hydroxylation is 1. The molecule has 0 radical (unpaired) electrons. The Balaban J connectivity index is 2.07. The van der Waals surface area contributed by atoms with E-state index in [1.165, 1.54) is 6.20 Å². The lowest BCUT2D eigenvalue weighted by atomic mass is 10.2. The third-order valence-electron chi connectivity index (χ3n) is 3.11. The second-order valence-electron chi connectivity index (χ2n) is 5.26. The van der Waals surface area contributed by atoms with Gasteiger partial charge in [-0.05, 0) is 48.9 Å². The Morgan fingerprint density at radius 2 is 1.73 bits per heavy atom. The summed E-state index contributed by atoms with van der Waals surface area (Å²) in [5.41, 5.74) is 0.850. The van der Waals surface area contributed by atoms with Gasteiger partial charge in [0.2, 0.25) is 0 Å². The first kappa shape index (κ1) is 19.5. The number of carbonyl (C=O) groups is 1. The molecular formula is C16H12F6N2O2. The third kappa shape index (κ3) is 4.87. The van der Waals surface area contributed by atoms with Gasteiger partial charge >= 0.3 is 12.3 Å². The summed E-state index contributed by atoms with van der Waals surface area (Å²) in [4.78, 5) is 15.9. The summed E-state index contributed by atoms with van der Waals surface area (Å²) >= 11 is 0. The second-order valence-corrected chi connectivity index (χ2v) is 5.26. The van der Waals surface area contributed by atoms with Crippen molar-refractivity contribution in [2.75, 3.05) is 5.32 Å². The topological polar surface area (TPSA) is 51.2 Å². The van der Waals surface area contributed by atoms with Gasteiger partial charge in [-0.15, -0.1) is 0 Å². The van der Waals surface area contributed by atoms with E-state index in [0.717, 1.165) is 29.8 Å². The Morgan fingerprint density at radius 3 is 2.27 bits per heavy atom. The zero-order valence-electron chi connectivity index (χ0n) is 13.2. The molecule has 1 N–H and O–H groups in total. The van der Waals surface area contributed by atoms with Gasteiger partial charge in [-0.2, -0.15) is 22.0 Å². The van der Waals surface area contributed by atoms with Gasteiger partial charge in [0.05, 0.1) is 0 Å². The van der Waals surface area contributed by atoms with Gasteiger partial charge in [0, 0.05) is 11.8 Å². The number of hydrogen-bond acceptors (Lipinski definition) is 3. The number of hydrogen-bond donors (Lipinski definition) is 1. The number of nitrogens with one attached hydrogen (secondary N) is 1. The van der Waals surface area contributed by atoms with Gasteiger partial charge in [-0.3, -0.25) is 4.79 Å². The smallest absolute Gasteiger partial charge is 0.430 e. The molecule has 0 aliphatic heterocycles. The van der Waals surface area contributed by atoms with E-state index in [-0.39, 0.29) is 11.4 Å². The molecule has 1 heterocycles. The van der Waals surface area contributed by atoms with Crippen molar-refractivity contribution < 1.29 is 35.9 Å². The van der Waals surface area contributed by atoms with Crippen molar-refractivity contribution in [3.8, 4) is 5.75 Å². The SMILES string of the molecule is Cc1ccnc(NC(=O)c2ccc(OC(F)(F)C(F)C(F)(F)F)cc2)c1. The van der Waals surface area contributed by atoms with Gasteiger partial charge in [0.15, 0.2) is 0 Å². The number of nitrogens with zero attached hydrogens (tertiary/aromatic N) is 1. The largest absolute Gasteiger partial charge is 0.439 e. The molecule has 1 aromatic carbocycles. The van der Waals surface area contributed by atoms with Crippen molar-refractivity contribution in [3.05, 3.63) is 53.7 Å². The van der Waals surface area contributed by atoms with Crippen molar-refractivity contribution in [2.24, 2.45) is 0 Å². The van der Waals surface area contributed by atoms with E-state index in [0.29, 0.717) is 0 Å². The van der Waals surface area contributed by atoms with E-state index >= 15 is 0 Å². The Kier molecular flexibility index (Phi) is 5.43. The van der Waals surface area contributed by atoms with Crippen LogP contribution in [0.15, 0.2) is 42.6 Å². The highest BCUT2D eigenvalue weighted by molar-refractivity contribution is 6.03. The molecule has 0 aliphatic carbocycles. The van der Waals surface area contributed by atoms with Crippen LogP contribution in [-0.2, 0) is 0 Å². The Labute approximate surface area is 143 Å². The molecule has 1 amide bonds. The van der Waals surface area contributed by atoms with Crippen LogP contribution in [0.3, 0.4) is 0 Å². The maximum absolute atomic E-state index is 13.2. The summed E-state index contributed by atoms with van der Waals surface area (Å²) in [6.07, 6.45) is -13.9. The van der Waals surface area contributed by atoms with E-state index in [1.807, 2.05) is 0 Å². The highest BCUT2D eigenvalue weighted by Gasteiger charge is 2.59. The molecule has 0 saturated carbocycles. The number of ether oxygens (including phenoxy) is 1. The zero-order valence-corrected chi connectivity index (χ0v) is 13.2. The van der Waals surface area contributed by atoms with Crippen LogP contribution in [0.25, 0.3) is 0 Å². The summed E-state index contributed by atoms with van der Waals surface area (Å²) in [6, 6.07) is 7.04. The maximum Gasteiger partial charge on any atom is 0.439 e. The quantitative estimate of drug-likeness (QED) is 0.779. The van der Waals surface area contributed by atoms with Crippen LogP contribution in [0.4, 0.5) is 32.2 Å². The van der Waals surface area contributed by atoms with E-state index in [1.54, 1.807) is 19.1 Å². The third-order valence-corrected chi connectivity index (χ3v) is 3.11. The summed E-state index contributed by atoms with van der Waals surface area (Å²) < 4.78 is 79.1. The van der Waals surface area contributed by atoms with Crippen LogP contribution in [0.2, 0.25) is 0 Å². The molecule has 0 fully saturated rings. The van der Waals surface area contributed by atoms with Crippen LogP contribution >= 0.6 is 0 Å². The van der Waals surface area contributed by atoms with Crippen LogP contribution in [0.1, 0.15) is 15.9 Å². The molecule has 0 bridgehead atoms. The lowest BCUT2D eigenvalue weighted by Gasteiger charge is -2.23. The first-order chi connectivity index (χ1) is 12.0. The fraction of sp³-hybridized carbons (Fsp3) is 0.250. The minimum absolute atomic E-state index is 0.0107. The molecule has 2 rings (SSSR count). The molecule has 4 nitrogen and oxygen atoms in total. The monoisotopic (exact) mass is 378 g/mol. The highest BCUT2D eigenvalue weighted by atomic mass is 19.4. The highest BCUT2D eigenvalue weighted by Crippen LogP contribution is 2.36. The van der Waals surface area contributed by atoms with E-state index < -0.39 is 30.1 Å². The maximum atomic E-state index is 13.2. The average molecular weight is 378 g/mol. The molecule has 2 aromatic rings. The first-order valence-electron chi connectivity index (χ1n) is 7.11. The van der Waals surface area contributed by atoms with Gasteiger partial charge in [-0.1, -0.05) is 0 Å². The van der Waals surface area contributed by atoms with Crippen LogP contribution in [0, 0.1) is 6.92 Å². The minimum atomic E-state index is -5.77. The van der Waals surface area contributed by atoms with Gasteiger partial charge in [-0.25, -0.2) is 9.37 Å². The molecule has 10 heteroatoms. The normalized spacial score (nSPS) is 13.2. The molecule has 140 valence electrons. The summed E-state index contributed by atoms with van der Waals surface area (Å²) in [6.45, 7) is 1.78. The lowest BCUT2D eigenvalue weighted by Crippen LogP contribution is -2.45. The number of alkyl halides is 6. The van der Waals surface area contributed by atoms with Gasteiger partial charge in [0.1, 0.15) is 11.6 Å². The fourth-order valence-electron chi connectivity index (χ4n) is 1.87. The van der Waals surface area contributed by atoms with E-state index in [9.17, 15) is 31.1 Å². The van der Waals surface area contributed by atoms with Crippen molar-refractivity contribution >= 4 is 11.7 Å². The number of carbonyl (C=O) groups excluding carboxylic acids is 1. The summed E-state index contributed by atoms with van der Waals surface area (Å²) in [5.74, 6) is -1.10. The summed E-state index contributed by atoms with van der Waals surface area (Å²) in [7, 11) is 0. The molecule has 1 aromatic heterocycles. The fourth-order valence-corrected chi connectivity index (χ4v) is 1.87.